The Bertz CT molecular complexity index is 552. The molecule has 0 saturated heterocycles. The SMILES string of the molecule is Nc1ccn(CCN2CCCOc3ccccc32)n1. The highest BCUT2D eigenvalue weighted by Gasteiger charge is 2.15. The molecule has 0 spiro atoms. The first-order valence-electron chi connectivity index (χ1n) is 6.58. The summed E-state index contributed by atoms with van der Waals surface area (Å²) < 4.78 is 7.63. The van der Waals surface area contributed by atoms with Gasteiger partial charge in [0.1, 0.15) is 11.6 Å². The number of hydrogen-bond acceptors (Lipinski definition) is 4. The van der Waals surface area contributed by atoms with Crippen LogP contribution in [0.5, 0.6) is 5.75 Å². The van der Waals surface area contributed by atoms with E-state index in [0.717, 1.165) is 38.4 Å². The van der Waals surface area contributed by atoms with E-state index in [9.17, 15) is 0 Å². The van der Waals surface area contributed by atoms with Gasteiger partial charge in [0.2, 0.25) is 0 Å². The van der Waals surface area contributed by atoms with Crippen molar-refractivity contribution in [1.82, 2.24) is 9.78 Å². The van der Waals surface area contributed by atoms with Crippen LogP contribution in [0.25, 0.3) is 0 Å². The number of benzene rings is 1. The quantitative estimate of drug-likeness (QED) is 0.911. The van der Waals surface area contributed by atoms with Crippen LogP contribution in [0.4, 0.5) is 11.5 Å². The van der Waals surface area contributed by atoms with Crippen molar-refractivity contribution in [3.63, 3.8) is 0 Å². The number of nitrogens with two attached hydrogens (primary N) is 1. The molecule has 1 aliphatic heterocycles. The van der Waals surface area contributed by atoms with Crippen molar-refractivity contribution in [3.8, 4) is 5.75 Å². The lowest BCUT2D eigenvalue weighted by Crippen LogP contribution is -2.28. The number of rotatable bonds is 3. The molecule has 3 rings (SSSR count). The molecule has 100 valence electrons. The van der Waals surface area contributed by atoms with Gasteiger partial charge in [0.15, 0.2) is 0 Å². The van der Waals surface area contributed by atoms with Crippen LogP contribution in [-0.4, -0.2) is 29.5 Å². The van der Waals surface area contributed by atoms with Gasteiger partial charge in [0, 0.05) is 19.3 Å². The highest BCUT2D eigenvalue weighted by molar-refractivity contribution is 5.58. The third kappa shape index (κ3) is 2.65. The van der Waals surface area contributed by atoms with Gasteiger partial charge in [-0.05, 0) is 24.6 Å². The minimum absolute atomic E-state index is 0.569. The van der Waals surface area contributed by atoms with Crippen LogP contribution in [0, 0.1) is 0 Å². The Hall–Kier alpha value is -2.17. The van der Waals surface area contributed by atoms with Gasteiger partial charge >= 0.3 is 0 Å². The van der Waals surface area contributed by atoms with Crippen LogP contribution in [0.15, 0.2) is 36.5 Å². The minimum Gasteiger partial charge on any atom is -0.491 e. The molecular formula is C14H18N4O. The predicted molar refractivity (Wildman–Crippen MR) is 75.4 cm³/mol. The summed E-state index contributed by atoms with van der Waals surface area (Å²) in [6, 6.07) is 10.0. The number of anilines is 2. The Labute approximate surface area is 112 Å². The monoisotopic (exact) mass is 258 g/mol. The van der Waals surface area contributed by atoms with Gasteiger partial charge in [-0.15, -0.1) is 0 Å². The second-order valence-electron chi connectivity index (χ2n) is 4.66. The molecule has 0 amide bonds. The molecule has 2 heterocycles. The second kappa shape index (κ2) is 5.22. The predicted octanol–water partition coefficient (Wildman–Crippen LogP) is 1.75. The highest BCUT2D eigenvalue weighted by Crippen LogP contribution is 2.30. The van der Waals surface area contributed by atoms with Crippen LogP contribution in [-0.2, 0) is 6.54 Å². The van der Waals surface area contributed by atoms with Crippen molar-refractivity contribution in [3.05, 3.63) is 36.5 Å². The first kappa shape index (κ1) is 11.9. The van der Waals surface area contributed by atoms with Gasteiger partial charge in [0.05, 0.1) is 18.8 Å². The zero-order valence-electron chi connectivity index (χ0n) is 10.8. The van der Waals surface area contributed by atoms with Gasteiger partial charge in [-0.2, -0.15) is 5.10 Å². The van der Waals surface area contributed by atoms with Crippen LogP contribution >= 0.6 is 0 Å². The number of para-hydroxylation sites is 2. The largest absolute Gasteiger partial charge is 0.491 e. The van der Waals surface area contributed by atoms with Crippen molar-refractivity contribution in [2.75, 3.05) is 30.3 Å². The first-order valence-corrected chi connectivity index (χ1v) is 6.58. The van der Waals surface area contributed by atoms with Crippen LogP contribution in [0.3, 0.4) is 0 Å². The average Bonchev–Trinajstić information content (AvgIpc) is 2.73. The number of aromatic nitrogens is 2. The molecule has 19 heavy (non-hydrogen) atoms. The van der Waals surface area contributed by atoms with E-state index in [2.05, 4.69) is 16.1 Å². The number of nitrogens with zero attached hydrogens (tertiary/aromatic N) is 3. The summed E-state index contributed by atoms with van der Waals surface area (Å²) in [5.74, 6) is 1.54. The number of hydrogen-bond donors (Lipinski definition) is 1. The molecule has 0 atom stereocenters. The van der Waals surface area contributed by atoms with E-state index in [1.165, 1.54) is 5.69 Å². The Morgan fingerprint density at radius 3 is 2.95 bits per heavy atom. The summed E-state index contributed by atoms with van der Waals surface area (Å²) in [5.41, 5.74) is 6.79. The van der Waals surface area contributed by atoms with Gasteiger partial charge < -0.3 is 15.4 Å². The van der Waals surface area contributed by atoms with Gasteiger partial charge in [-0.25, -0.2) is 0 Å². The molecule has 2 aromatic rings. The van der Waals surface area contributed by atoms with Gasteiger partial charge in [-0.3, -0.25) is 4.68 Å². The molecule has 0 bridgehead atoms. The Morgan fingerprint density at radius 1 is 1.21 bits per heavy atom. The molecule has 2 N–H and O–H groups in total. The molecule has 1 aromatic heterocycles. The van der Waals surface area contributed by atoms with E-state index in [4.69, 9.17) is 10.5 Å². The van der Waals surface area contributed by atoms with Crippen LogP contribution < -0.4 is 15.4 Å². The highest BCUT2D eigenvalue weighted by atomic mass is 16.5. The maximum atomic E-state index is 5.75. The number of ether oxygens (including phenoxy) is 1. The fraction of sp³-hybridized carbons (Fsp3) is 0.357. The Kier molecular flexibility index (Phi) is 3.27. The Morgan fingerprint density at radius 2 is 2.11 bits per heavy atom. The smallest absolute Gasteiger partial charge is 0.145 e. The zero-order chi connectivity index (χ0) is 13.1. The lowest BCUT2D eigenvalue weighted by Gasteiger charge is -2.23. The van der Waals surface area contributed by atoms with E-state index in [-0.39, 0.29) is 0 Å². The van der Waals surface area contributed by atoms with E-state index in [1.54, 1.807) is 0 Å². The molecule has 5 heteroatoms. The maximum absolute atomic E-state index is 5.75. The van der Waals surface area contributed by atoms with E-state index in [1.807, 2.05) is 35.1 Å². The van der Waals surface area contributed by atoms with Crippen molar-refractivity contribution in [2.45, 2.75) is 13.0 Å². The molecular weight excluding hydrogens is 240 g/mol. The standard InChI is InChI=1S/C14H18N4O/c15-14-6-8-18(16-14)10-9-17-7-3-11-19-13-5-2-1-4-12(13)17/h1-2,4-6,8H,3,7,9-11H2,(H2,15,16). The third-order valence-electron chi connectivity index (χ3n) is 3.30. The fourth-order valence-corrected chi connectivity index (χ4v) is 2.36. The summed E-state index contributed by atoms with van der Waals surface area (Å²) in [6.07, 6.45) is 2.95. The molecule has 0 radical (unpaired) electrons. The molecule has 0 aliphatic carbocycles. The van der Waals surface area contributed by atoms with Crippen molar-refractivity contribution < 1.29 is 4.74 Å². The van der Waals surface area contributed by atoms with Crippen LogP contribution in [0.1, 0.15) is 6.42 Å². The van der Waals surface area contributed by atoms with E-state index < -0.39 is 0 Å². The maximum Gasteiger partial charge on any atom is 0.145 e. The number of nitrogen functional groups attached to an aromatic ring is 1. The summed E-state index contributed by atoms with van der Waals surface area (Å²) in [6.45, 7) is 3.52. The molecule has 0 saturated carbocycles. The average molecular weight is 258 g/mol. The van der Waals surface area contributed by atoms with Crippen molar-refractivity contribution >= 4 is 11.5 Å². The summed E-state index contributed by atoms with van der Waals surface area (Å²) in [5, 5.41) is 4.21. The van der Waals surface area contributed by atoms with Gasteiger partial charge in [-0.1, -0.05) is 12.1 Å². The molecule has 0 fully saturated rings. The topological polar surface area (TPSA) is 56.3 Å². The first-order chi connectivity index (χ1) is 9.33. The molecule has 1 aliphatic rings. The second-order valence-corrected chi connectivity index (χ2v) is 4.66. The molecule has 0 unspecified atom stereocenters. The zero-order valence-corrected chi connectivity index (χ0v) is 10.8. The molecule has 5 nitrogen and oxygen atoms in total. The summed E-state index contributed by atoms with van der Waals surface area (Å²) >= 11 is 0. The lowest BCUT2D eigenvalue weighted by atomic mass is 10.2. The Balaban J connectivity index is 1.73. The van der Waals surface area contributed by atoms with E-state index in [0.29, 0.717) is 5.82 Å². The number of fused-ring (bicyclic) bond motifs is 1. The van der Waals surface area contributed by atoms with E-state index >= 15 is 0 Å². The van der Waals surface area contributed by atoms with Crippen molar-refractivity contribution in [2.24, 2.45) is 0 Å². The minimum atomic E-state index is 0.569. The van der Waals surface area contributed by atoms with Crippen LogP contribution in [0.2, 0.25) is 0 Å². The third-order valence-corrected chi connectivity index (χ3v) is 3.30. The lowest BCUT2D eigenvalue weighted by molar-refractivity contribution is 0.322. The van der Waals surface area contributed by atoms with Gasteiger partial charge in [0.25, 0.3) is 0 Å². The summed E-state index contributed by atoms with van der Waals surface area (Å²) in [4.78, 5) is 2.35. The van der Waals surface area contributed by atoms with Crippen molar-refractivity contribution in [1.29, 1.82) is 0 Å². The fourth-order valence-electron chi connectivity index (χ4n) is 2.36. The normalized spacial score (nSPS) is 14.6. The summed E-state index contributed by atoms with van der Waals surface area (Å²) in [7, 11) is 0. The molecule has 1 aromatic carbocycles.